The molecule has 8 nitrogen and oxygen atoms in total. The zero-order valence-electron chi connectivity index (χ0n) is 17.0. The Morgan fingerprint density at radius 3 is 2.17 bits per heavy atom. The van der Waals surface area contributed by atoms with Crippen molar-refractivity contribution in [2.75, 3.05) is 40.5 Å². The van der Waals surface area contributed by atoms with Gasteiger partial charge in [-0.2, -0.15) is 13.2 Å². The number of amides is 1. The molecule has 0 saturated heterocycles. The van der Waals surface area contributed by atoms with Crippen molar-refractivity contribution in [2.45, 2.75) is 26.9 Å². The fraction of sp³-hybridized carbons (Fsp3) is 0.611. The van der Waals surface area contributed by atoms with Crippen LogP contribution in [0.1, 0.15) is 31.1 Å². The van der Waals surface area contributed by atoms with Crippen molar-refractivity contribution in [3.8, 4) is 11.5 Å². The summed E-state index contributed by atoms with van der Waals surface area (Å²) in [6.45, 7) is 3.44. The standard InChI is InChI=1S/C18H25F3N2O6/c1-17(2,3)10-22(11-18(19,20)21)16(24)12-8-14(28-5)15(29-7-6-27-4)9-13(12)23(25)26/h8-9H,6-7,10-11H2,1-5H3. The van der Waals surface area contributed by atoms with Crippen LogP contribution in [0.15, 0.2) is 12.1 Å². The summed E-state index contributed by atoms with van der Waals surface area (Å²) in [4.78, 5) is 24.1. The Labute approximate surface area is 166 Å². The van der Waals surface area contributed by atoms with E-state index in [0.717, 1.165) is 12.1 Å². The first-order chi connectivity index (χ1) is 13.3. The van der Waals surface area contributed by atoms with Gasteiger partial charge in [-0.3, -0.25) is 14.9 Å². The molecule has 0 fully saturated rings. The smallest absolute Gasteiger partial charge is 0.406 e. The lowest BCUT2D eigenvalue weighted by atomic mass is 9.95. The first-order valence-corrected chi connectivity index (χ1v) is 8.63. The van der Waals surface area contributed by atoms with E-state index in [1.807, 2.05) is 0 Å². The van der Waals surface area contributed by atoms with E-state index in [2.05, 4.69) is 0 Å². The highest BCUT2D eigenvalue weighted by Gasteiger charge is 2.37. The number of nitro groups is 1. The molecule has 1 amide bonds. The lowest BCUT2D eigenvalue weighted by Gasteiger charge is -2.30. The fourth-order valence-corrected chi connectivity index (χ4v) is 2.54. The summed E-state index contributed by atoms with van der Waals surface area (Å²) < 4.78 is 54.3. The molecule has 0 aliphatic rings. The number of benzene rings is 1. The van der Waals surface area contributed by atoms with Crippen molar-refractivity contribution in [3.63, 3.8) is 0 Å². The largest absolute Gasteiger partial charge is 0.493 e. The number of nitrogens with zero attached hydrogens (tertiary/aromatic N) is 2. The minimum Gasteiger partial charge on any atom is -0.493 e. The lowest BCUT2D eigenvalue weighted by molar-refractivity contribution is -0.385. The molecule has 29 heavy (non-hydrogen) atoms. The van der Waals surface area contributed by atoms with Gasteiger partial charge in [0.1, 0.15) is 18.7 Å². The van der Waals surface area contributed by atoms with Gasteiger partial charge in [-0.1, -0.05) is 20.8 Å². The third-order valence-electron chi connectivity index (χ3n) is 3.58. The third kappa shape index (κ3) is 7.76. The van der Waals surface area contributed by atoms with Gasteiger partial charge in [0.05, 0.1) is 24.7 Å². The van der Waals surface area contributed by atoms with Crippen LogP contribution in [0.5, 0.6) is 11.5 Å². The van der Waals surface area contributed by atoms with Gasteiger partial charge in [-0.05, 0) is 5.41 Å². The summed E-state index contributed by atoms with van der Waals surface area (Å²) in [7, 11) is 2.69. The van der Waals surface area contributed by atoms with Crippen molar-refractivity contribution in [1.29, 1.82) is 0 Å². The number of carbonyl (C=O) groups excluding carboxylic acids is 1. The molecule has 0 heterocycles. The van der Waals surface area contributed by atoms with Gasteiger partial charge in [-0.15, -0.1) is 0 Å². The molecular formula is C18H25F3N2O6. The molecule has 0 bridgehead atoms. The summed E-state index contributed by atoms with van der Waals surface area (Å²) in [6, 6.07) is 1.99. The number of hydrogen-bond donors (Lipinski definition) is 0. The van der Waals surface area contributed by atoms with Crippen molar-refractivity contribution in [2.24, 2.45) is 5.41 Å². The Hall–Kier alpha value is -2.56. The van der Waals surface area contributed by atoms with E-state index in [9.17, 15) is 28.1 Å². The number of nitro benzene ring substituents is 1. The maximum atomic E-state index is 13.0. The number of halogens is 3. The average Bonchev–Trinajstić information content (AvgIpc) is 2.57. The van der Waals surface area contributed by atoms with E-state index in [1.165, 1.54) is 14.2 Å². The van der Waals surface area contributed by atoms with Crippen LogP contribution < -0.4 is 9.47 Å². The Kier molecular flexibility index (Phi) is 8.25. The Bertz CT molecular complexity index is 716. The SMILES string of the molecule is COCCOc1cc([N+](=O)[O-])c(C(=O)N(CC(C)(C)C)CC(F)(F)F)cc1OC. The topological polar surface area (TPSA) is 91.1 Å². The first-order valence-electron chi connectivity index (χ1n) is 8.63. The molecule has 0 radical (unpaired) electrons. The zero-order chi connectivity index (χ0) is 22.4. The van der Waals surface area contributed by atoms with E-state index in [1.54, 1.807) is 20.8 Å². The van der Waals surface area contributed by atoms with E-state index < -0.39 is 40.2 Å². The molecule has 0 aromatic heterocycles. The second-order valence-electron chi connectivity index (χ2n) is 7.46. The molecule has 0 atom stereocenters. The molecule has 0 unspecified atom stereocenters. The van der Waals surface area contributed by atoms with Gasteiger partial charge >= 0.3 is 6.18 Å². The highest BCUT2D eigenvalue weighted by molar-refractivity contribution is 5.99. The van der Waals surface area contributed by atoms with Gasteiger partial charge < -0.3 is 19.1 Å². The number of alkyl halides is 3. The van der Waals surface area contributed by atoms with Crippen molar-refractivity contribution < 1.29 is 37.1 Å². The Morgan fingerprint density at radius 2 is 1.72 bits per heavy atom. The third-order valence-corrected chi connectivity index (χ3v) is 3.58. The average molecular weight is 422 g/mol. The van der Waals surface area contributed by atoms with Crippen LogP contribution >= 0.6 is 0 Å². The molecule has 0 saturated carbocycles. The minimum absolute atomic E-state index is 0.0160. The zero-order valence-corrected chi connectivity index (χ0v) is 17.0. The molecule has 1 rings (SSSR count). The number of methoxy groups -OCH3 is 2. The van der Waals surface area contributed by atoms with Crippen molar-refractivity contribution >= 4 is 11.6 Å². The van der Waals surface area contributed by atoms with E-state index >= 15 is 0 Å². The van der Waals surface area contributed by atoms with Gasteiger partial charge in [0.25, 0.3) is 11.6 Å². The van der Waals surface area contributed by atoms with Crippen LogP contribution in [0.2, 0.25) is 0 Å². The van der Waals surface area contributed by atoms with Gasteiger partial charge in [-0.25, -0.2) is 0 Å². The molecule has 11 heteroatoms. The van der Waals surface area contributed by atoms with Crippen LogP contribution in [0.4, 0.5) is 18.9 Å². The van der Waals surface area contributed by atoms with Crippen LogP contribution in [0, 0.1) is 15.5 Å². The number of ether oxygens (including phenoxy) is 3. The van der Waals surface area contributed by atoms with E-state index in [4.69, 9.17) is 14.2 Å². The molecule has 0 aliphatic carbocycles. The van der Waals surface area contributed by atoms with Crippen molar-refractivity contribution in [1.82, 2.24) is 4.90 Å². The highest BCUT2D eigenvalue weighted by atomic mass is 19.4. The van der Waals surface area contributed by atoms with Crippen LogP contribution in [-0.4, -0.2) is 62.4 Å². The lowest BCUT2D eigenvalue weighted by Crippen LogP contribution is -2.43. The van der Waals surface area contributed by atoms with Crippen LogP contribution in [0.25, 0.3) is 0 Å². The molecule has 0 aliphatic heterocycles. The maximum absolute atomic E-state index is 13.0. The highest BCUT2D eigenvalue weighted by Crippen LogP contribution is 2.36. The van der Waals surface area contributed by atoms with Crippen molar-refractivity contribution in [3.05, 3.63) is 27.8 Å². The maximum Gasteiger partial charge on any atom is 0.406 e. The predicted octanol–water partition coefficient (Wildman–Crippen LogP) is 3.68. The normalized spacial score (nSPS) is 11.9. The summed E-state index contributed by atoms with van der Waals surface area (Å²) >= 11 is 0. The van der Waals surface area contributed by atoms with Gasteiger partial charge in [0, 0.05) is 19.7 Å². The van der Waals surface area contributed by atoms with E-state index in [-0.39, 0.29) is 31.3 Å². The Balaban J connectivity index is 3.42. The molecule has 164 valence electrons. The minimum atomic E-state index is -4.66. The summed E-state index contributed by atoms with van der Waals surface area (Å²) in [5, 5.41) is 11.5. The Morgan fingerprint density at radius 1 is 1.10 bits per heavy atom. The molecular weight excluding hydrogens is 397 g/mol. The van der Waals surface area contributed by atoms with Gasteiger partial charge in [0.2, 0.25) is 0 Å². The predicted molar refractivity (Wildman–Crippen MR) is 98.4 cm³/mol. The molecule has 0 N–H and O–H groups in total. The second-order valence-corrected chi connectivity index (χ2v) is 7.46. The second kappa shape index (κ2) is 9.77. The number of rotatable bonds is 9. The summed E-state index contributed by atoms with van der Waals surface area (Å²) in [6.07, 6.45) is -4.66. The monoisotopic (exact) mass is 422 g/mol. The summed E-state index contributed by atoms with van der Waals surface area (Å²) in [5.74, 6) is -1.16. The van der Waals surface area contributed by atoms with E-state index in [0.29, 0.717) is 4.90 Å². The van der Waals surface area contributed by atoms with Gasteiger partial charge in [0.15, 0.2) is 11.5 Å². The molecule has 1 aromatic rings. The van der Waals surface area contributed by atoms with Crippen LogP contribution in [0.3, 0.4) is 0 Å². The van der Waals surface area contributed by atoms with Crippen LogP contribution in [-0.2, 0) is 4.74 Å². The first kappa shape index (κ1) is 24.5. The number of carbonyl (C=O) groups is 1. The molecule has 1 aromatic carbocycles. The quantitative estimate of drug-likeness (QED) is 0.343. The number of hydrogen-bond acceptors (Lipinski definition) is 6. The summed E-state index contributed by atoms with van der Waals surface area (Å²) in [5.41, 5.74) is -1.85. The fourth-order valence-electron chi connectivity index (χ4n) is 2.54. The molecule has 0 spiro atoms.